The third kappa shape index (κ3) is 2.49. The van der Waals surface area contributed by atoms with Crippen molar-refractivity contribution in [2.45, 2.75) is 31.9 Å². The monoisotopic (exact) mass is 306 g/mol. The van der Waals surface area contributed by atoms with Crippen LogP contribution in [0.3, 0.4) is 0 Å². The van der Waals surface area contributed by atoms with Crippen LogP contribution in [0.1, 0.15) is 23.5 Å². The molecule has 94 valence electrons. The lowest BCUT2D eigenvalue weighted by molar-refractivity contribution is 0.130. The summed E-state index contributed by atoms with van der Waals surface area (Å²) < 4.78 is 3.18. The number of rotatable bonds is 2. The predicted octanol–water partition coefficient (Wildman–Crippen LogP) is 2.54. The second-order valence-electron chi connectivity index (χ2n) is 4.80. The van der Waals surface area contributed by atoms with Crippen molar-refractivity contribution >= 4 is 15.9 Å². The molecule has 0 aliphatic carbocycles. The Labute approximate surface area is 115 Å². The zero-order valence-electron chi connectivity index (χ0n) is 10.0. The largest absolute Gasteiger partial charge is 0.391 e. The van der Waals surface area contributed by atoms with Gasteiger partial charge in [0.1, 0.15) is 5.82 Å². The van der Waals surface area contributed by atoms with Crippen LogP contribution in [0.5, 0.6) is 0 Å². The fraction of sp³-hybridized carbons (Fsp3) is 0.357. The van der Waals surface area contributed by atoms with Crippen LogP contribution in [0.25, 0.3) is 0 Å². The van der Waals surface area contributed by atoms with Gasteiger partial charge < -0.3 is 9.67 Å². The average molecular weight is 307 g/mol. The molecule has 2 aromatic rings. The molecule has 2 heterocycles. The molecule has 1 aliphatic rings. The maximum Gasteiger partial charge on any atom is 0.109 e. The van der Waals surface area contributed by atoms with E-state index in [9.17, 15) is 5.11 Å². The van der Waals surface area contributed by atoms with Gasteiger partial charge in [-0.05, 0) is 24.1 Å². The highest BCUT2D eigenvalue weighted by molar-refractivity contribution is 9.10. The van der Waals surface area contributed by atoms with E-state index in [1.54, 1.807) is 0 Å². The maximum absolute atomic E-state index is 9.64. The average Bonchev–Trinajstić information content (AvgIpc) is 2.70. The van der Waals surface area contributed by atoms with E-state index >= 15 is 0 Å². The number of halogens is 1. The Morgan fingerprint density at radius 3 is 3.17 bits per heavy atom. The molecule has 0 bridgehead atoms. The molecule has 3 nitrogen and oxygen atoms in total. The van der Waals surface area contributed by atoms with E-state index in [0.29, 0.717) is 6.54 Å². The Hall–Kier alpha value is -1.13. The van der Waals surface area contributed by atoms with Gasteiger partial charge >= 0.3 is 0 Å². The molecule has 3 rings (SSSR count). The molecule has 0 saturated carbocycles. The minimum absolute atomic E-state index is 0.217. The van der Waals surface area contributed by atoms with E-state index in [2.05, 4.69) is 43.8 Å². The molecule has 0 radical (unpaired) electrons. The number of nitrogens with zero attached hydrogens (tertiary/aromatic N) is 2. The molecule has 1 aromatic carbocycles. The van der Waals surface area contributed by atoms with Crippen LogP contribution in [0.15, 0.2) is 34.9 Å². The van der Waals surface area contributed by atoms with Crippen molar-refractivity contribution < 1.29 is 5.11 Å². The molecular formula is C14H15BrN2O. The Morgan fingerprint density at radius 2 is 2.33 bits per heavy atom. The van der Waals surface area contributed by atoms with Crippen LogP contribution in [-0.2, 0) is 19.4 Å². The highest BCUT2D eigenvalue weighted by Crippen LogP contribution is 2.18. The summed E-state index contributed by atoms with van der Waals surface area (Å²) in [6.45, 7) is 0.681. The summed E-state index contributed by atoms with van der Waals surface area (Å²) >= 11 is 3.48. The van der Waals surface area contributed by atoms with Gasteiger partial charge in [-0.3, -0.25) is 0 Å². The first-order valence-electron chi connectivity index (χ1n) is 6.18. The van der Waals surface area contributed by atoms with Gasteiger partial charge in [-0.15, -0.1) is 0 Å². The van der Waals surface area contributed by atoms with E-state index < -0.39 is 0 Å². The van der Waals surface area contributed by atoms with E-state index in [1.165, 1.54) is 5.56 Å². The topological polar surface area (TPSA) is 38.1 Å². The Morgan fingerprint density at radius 1 is 1.44 bits per heavy atom. The van der Waals surface area contributed by atoms with Gasteiger partial charge in [0.15, 0.2) is 0 Å². The van der Waals surface area contributed by atoms with Gasteiger partial charge in [0.2, 0.25) is 0 Å². The quantitative estimate of drug-likeness (QED) is 0.926. The maximum atomic E-state index is 9.64. The number of aromatic nitrogens is 2. The minimum Gasteiger partial charge on any atom is -0.391 e. The zero-order chi connectivity index (χ0) is 12.5. The van der Waals surface area contributed by atoms with Crippen LogP contribution in [0.4, 0.5) is 0 Å². The first-order chi connectivity index (χ1) is 8.70. The number of aliphatic hydroxyl groups excluding tert-OH is 1. The lowest BCUT2D eigenvalue weighted by Crippen LogP contribution is -2.23. The SMILES string of the molecule is OC1CCc2nc(Cc3cccc(Br)c3)cn2C1. The van der Waals surface area contributed by atoms with Crippen molar-refractivity contribution in [2.24, 2.45) is 0 Å². The minimum atomic E-state index is -0.217. The van der Waals surface area contributed by atoms with Crippen LogP contribution in [0, 0.1) is 0 Å². The summed E-state index contributed by atoms with van der Waals surface area (Å²) in [4.78, 5) is 4.65. The van der Waals surface area contributed by atoms with Gasteiger partial charge in [-0.2, -0.15) is 0 Å². The van der Waals surface area contributed by atoms with Crippen molar-refractivity contribution in [1.29, 1.82) is 0 Å². The smallest absolute Gasteiger partial charge is 0.109 e. The standard InChI is InChI=1S/C14H15BrN2O/c15-11-3-1-2-10(6-11)7-12-8-17-9-13(18)4-5-14(17)16-12/h1-3,6,8,13,18H,4-5,7,9H2. The molecular weight excluding hydrogens is 292 g/mol. The number of aryl methyl sites for hydroxylation is 1. The molecule has 18 heavy (non-hydrogen) atoms. The predicted molar refractivity (Wildman–Crippen MR) is 73.5 cm³/mol. The van der Waals surface area contributed by atoms with Crippen molar-refractivity contribution in [3.63, 3.8) is 0 Å². The Kier molecular flexibility index (Phi) is 3.22. The number of benzene rings is 1. The summed E-state index contributed by atoms with van der Waals surface area (Å²) in [5.41, 5.74) is 2.33. The molecule has 1 aromatic heterocycles. The van der Waals surface area contributed by atoms with E-state index in [1.807, 2.05) is 12.1 Å². The zero-order valence-corrected chi connectivity index (χ0v) is 11.6. The highest BCUT2D eigenvalue weighted by Gasteiger charge is 2.18. The number of aliphatic hydroxyl groups is 1. The molecule has 1 N–H and O–H groups in total. The van der Waals surface area contributed by atoms with Gasteiger partial charge in [-0.1, -0.05) is 28.1 Å². The van der Waals surface area contributed by atoms with Crippen molar-refractivity contribution in [1.82, 2.24) is 9.55 Å². The Bertz CT molecular complexity index is 565. The molecule has 0 spiro atoms. The third-order valence-corrected chi connectivity index (χ3v) is 3.79. The van der Waals surface area contributed by atoms with Crippen LogP contribution < -0.4 is 0 Å². The molecule has 0 saturated heterocycles. The number of fused-ring (bicyclic) bond motifs is 1. The summed E-state index contributed by atoms with van der Waals surface area (Å²) in [7, 11) is 0. The lowest BCUT2D eigenvalue weighted by Gasteiger charge is -2.18. The molecule has 1 aliphatic heterocycles. The molecule has 4 heteroatoms. The molecule has 0 amide bonds. The normalized spacial score (nSPS) is 18.7. The van der Waals surface area contributed by atoms with E-state index in [0.717, 1.165) is 35.3 Å². The van der Waals surface area contributed by atoms with Gasteiger partial charge in [0.25, 0.3) is 0 Å². The summed E-state index contributed by atoms with van der Waals surface area (Å²) in [6.07, 6.45) is 4.40. The Balaban J connectivity index is 1.82. The first kappa shape index (κ1) is 11.9. The fourth-order valence-electron chi connectivity index (χ4n) is 2.43. The lowest BCUT2D eigenvalue weighted by atomic mass is 10.1. The van der Waals surface area contributed by atoms with Crippen molar-refractivity contribution in [3.8, 4) is 0 Å². The second kappa shape index (κ2) is 4.86. The van der Waals surface area contributed by atoms with Crippen molar-refractivity contribution in [3.05, 3.63) is 52.0 Å². The summed E-state index contributed by atoms with van der Waals surface area (Å²) in [6, 6.07) is 8.29. The van der Waals surface area contributed by atoms with Gasteiger partial charge in [-0.25, -0.2) is 4.98 Å². The third-order valence-electron chi connectivity index (χ3n) is 3.29. The number of hydrogen-bond acceptors (Lipinski definition) is 2. The van der Waals surface area contributed by atoms with Crippen molar-refractivity contribution in [2.75, 3.05) is 0 Å². The first-order valence-corrected chi connectivity index (χ1v) is 6.97. The van der Waals surface area contributed by atoms with E-state index in [-0.39, 0.29) is 6.10 Å². The fourth-order valence-corrected chi connectivity index (χ4v) is 2.87. The summed E-state index contributed by atoms with van der Waals surface area (Å²) in [5.74, 6) is 1.10. The van der Waals surface area contributed by atoms with Crippen LogP contribution in [0.2, 0.25) is 0 Å². The molecule has 1 atom stereocenters. The molecule has 1 unspecified atom stereocenters. The molecule has 0 fully saturated rings. The number of hydrogen-bond donors (Lipinski definition) is 1. The van der Waals surface area contributed by atoms with Gasteiger partial charge in [0.05, 0.1) is 11.8 Å². The van der Waals surface area contributed by atoms with Crippen LogP contribution >= 0.6 is 15.9 Å². The van der Waals surface area contributed by atoms with Gasteiger partial charge in [0, 0.05) is 30.1 Å². The van der Waals surface area contributed by atoms with Crippen LogP contribution in [-0.4, -0.2) is 20.8 Å². The highest BCUT2D eigenvalue weighted by atomic mass is 79.9. The number of imidazole rings is 1. The summed E-state index contributed by atoms with van der Waals surface area (Å²) in [5, 5.41) is 9.64. The second-order valence-corrected chi connectivity index (χ2v) is 5.72. The van der Waals surface area contributed by atoms with E-state index in [4.69, 9.17) is 0 Å².